The van der Waals surface area contributed by atoms with Gasteiger partial charge in [0.15, 0.2) is 23.1 Å². The standard InChI is InChI=1S/C64H42N4O/c1-2-13-38(14-3-1)39-22-12-23-47(29-39)62-65-63(48-25-26-51-49(31-48)30-46-21-10-11-24-50(46)51)67-64(66-62)53-28-27-52-56-34-42-17-6-9-20-45(42)37-59(56)69-61(52)60(53)68-57-35-43-18-7-4-15-40(43)32-54(57)55-33-41-16-5-8-19-44(41)36-58(55)68/h1-8,10-19,21-29,31-37,40,43H,9,20,30H2. The molecule has 8 aromatic carbocycles. The minimum absolute atomic E-state index is 0.204. The lowest BCUT2D eigenvalue weighted by Gasteiger charge is -2.21. The lowest BCUT2D eigenvalue weighted by atomic mass is 9.84. The normalized spacial score (nSPS) is 16.3. The molecule has 4 aliphatic rings. The maximum absolute atomic E-state index is 7.28. The fraction of sp³-hybridized carbons (Fsp3) is 0.0781. The number of rotatable bonds is 5. The van der Waals surface area contributed by atoms with E-state index in [1.807, 2.05) is 0 Å². The largest absolute Gasteiger partial charge is 0.454 e. The molecule has 0 spiro atoms. The molecule has 0 bridgehead atoms. The van der Waals surface area contributed by atoms with Gasteiger partial charge in [0, 0.05) is 49.9 Å². The van der Waals surface area contributed by atoms with Crippen LogP contribution in [0.15, 0.2) is 193 Å². The first-order valence-electron chi connectivity index (χ1n) is 24.1. The van der Waals surface area contributed by atoms with Crippen molar-refractivity contribution in [2.24, 2.45) is 11.8 Å². The van der Waals surface area contributed by atoms with E-state index in [0.29, 0.717) is 17.5 Å². The van der Waals surface area contributed by atoms with E-state index in [1.165, 1.54) is 54.8 Å². The van der Waals surface area contributed by atoms with Crippen LogP contribution in [0.3, 0.4) is 0 Å². The Kier molecular flexibility index (Phi) is 8.31. The molecular formula is C64H42N4O. The SMILES string of the molecule is C1=CC2C=c3c(n(-c4c(-c5nc(-c6cccc(-c7ccccc7)c6)nc(-c6ccc7c(c6)Cc6ccccc6-7)n5)ccc5c4oc4cc6c(cc45)C=CCC6)c4cc5ccccc5cc34)=CC2C=C1. The zero-order valence-electron chi connectivity index (χ0n) is 37.6. The first kappa shape index (κ1) is 38.4. The Morgan fingerprint density at radius 1 is 0.507 bits per heavy atom. The molecule has 3 heterocycles. The number of nitrogens with zero attached hydrogens (tertiary/aromatic N) is 4. The topological polar surface area (TPSA) is 56.7 Å². The molecular weight excluding hydrogens is 841 g/mol. The Balaban J connectivity index is 1.04. The molecule has 5 nitrogen and oxygen atoms in total. The highest BCUT2D eigenvalue weighted by Crippen LogP contribution is 2.43. The van der Waals surface area contributed by atoms with Gasteiger partial charge in [0.05, 0.1) is 10.9 Å². The average Bonchev–Trinajstić information content (AvgIpc) is 4.07. The zero-order valence-corrected chi connectivity index (χ0v) is 37.6. The second-order valence-corrected chi connectivity index (χ2v) is 19.0. The van der Waals surface area contributed by atoms with E-state index >= 15 is 0 Å². The average molecular weight is 883 g/mol. The summed E-state index contributed by atoms with van der Waals surface area (Å²) < 4.78 is 9.74. The summed E-state index contributed by atoms with van der Waals surface area (Å²) in [6.45, 7) is 0. The van der Waals surface area contributed by atoms with E-state index < -0.39 is 0 Å². The summed E-state index contributed by atoms with van der Waals surface area (Å²) >= 11 is 0. The maximum Gasteiger partial charge on any atom is 0.166 e. The number of benzene rings is 8. The number of aromatic nitrogens is 4. The highest BCUT2D eigenvalue weighted by Gasteiger charge is 2.28. The van der Waals surface area contributed by atoms with Crippen LogP contribution in [-0.4, -0.2) is 19.5 Å². The van der Waals surface area contributed by atoms with Gasteiger partial charge in [-0.05, 0) is 123 Å². The second kappa shape index (κ2) is 14.9. The van der Waals surface area contributed by atoms with Gasteiger partial charge < -0.3 is 8.98 Å². The molecule has 2 atom stereocenters. The lowest BCUT2D eigenvalue weighted by Crippen LogP contribution is -2.35. The van der Waals surface area contributed by atoms with E-state index in [9.17, 15) is 0 Å². The van der Waals surface area contributed by atoms with E-state index in [-0.39, 0.29) is 11.8 Å². The Morgan fingerprint density at radius 2 is 1.23 bits per heavy atom. The highest BCUT2D eigenvalue weighted by atomic mass is 16.3. The predicted molar refractivity (Wildman–Crippen MR) is 282 cm³/mol. The molecule has 0 saturated carbocycles. The first-order chi connectivity index (χ1) is 34.1. The minimum atomic E-state index is 0.204. The van der Waals surface area contributed by atoms with Gasteiger partial charge in [-0.1, -0.05) is 158 Å². The molecule has 11 aromatic rings. The van der Waals surface area contributed by atoms with Crippen molar-refractivity contribution in [3.05, 3.63) is 221 Å². The molecule has 3 aromatic heterocycles. The molecule has 0 N–H and O–H groups in total. The van der Waals surface area contributed by atoms with Gasteiger partial charge >= 0.3 is 0 Å². The number of allylic oxidation sites excluding steroid dienone is 5. The molecule has 15 rings (SSSR count). The molecule has 0 fully saturated rings. The maximum atomic E-state index is 7.28. The molecule has 69 heavy (non-hydrogen) atoms. The van der Waals surface area contributed by atoms with Gasteiger partial charge in [-0.3, -0.25) is 0 Å². The monoisotopic (exact) mass is 882 g/mol. The van der Waals surface area contributed by atoms with Crippen molar-refractivity contribution >= 4 is 61.8 Å². The van der Waals surface area contributed by atoms with Gasteiger partial charge in [-0.15, -0.1) is 0 Å². The first-order valence-corrected chi connectivity index (χ1v) is 24.1. The zero-order chi connectivity index (χ0) is 45.2. The highest BCUT2D eigenvalue weighted by molar-refractivity contribution is 6.11. The van der Waals surface area contributed by atoms with Gasteiger partial charge in [-0.25, -0.2) is 15.0 Å². The quantitative estimate of drug-likeness (QED) is 0.173. The van der Waals surface area contributed by atoms with E-state index in [4.69, 9.17) is 19.4 Å². The van der Waals surface area contributed by atoms with Crippen LogP contribution in [0.4, 0.5) is 0 Å². The number of fused-ring (bicyclic) bond motifs is 12. The Morgan fingerprint density at radius 3 is 2.12 bits per heavy atom. The smallest absolute Gasteiger partial charge is 0.166 e. The molecule has 5 heteroatoms. The van der Waals surface area contributed by atoms with Crippen LogP contribution in [0.2, 0.25) is 0 Å². The van der Waals surface area contributed by atoms with Crippen LogP contribution in [-0.2, 0) is 12.8 Å². The van der Waals surface area contributed by atoms with E-state index in [0.717, 1.165) is 85.6 Å². The van der Waals surface area contributed by atoms with E-state index in [1.54, 1.807) is 0 Å². The summed E-state index contributed by atoms with van der Waals surface area (Å²) in [6.07, 6.45) is 21.4. The van der Waals surface area contributed by atoms with Gasteiger partial charge in [0.25, 0.3) is 0 Å². The van der Waals surface area contributed by atoms with Crippen molar-refractivity contribution in [2.75, 3.05) is 0 Å². The van der Waals surface area contributed by atoms with E-state index in [2.05, 4.69) is 211 Å². The molecule has 0 amide bonds. The molecule has 0 saturated heterocycles. The number of hydrogen-bond acceptors (Lipinski definition) is 4. The predicted octanol–water partition coefficient (Wildman–Crippen LogP) is 14.0. The molecule has 0 aliphatic heterocycles. The molecule has 4 aliphatic carbocycles. The van der Waals surface area contributed by atoms with Crippen molar-refractivity contribution in [3.8, 4) is 62.1 Å². The fourth-order valence-corrected chi connectivity index (χ4v) is 11.6. The summed E-state index contributed by atoms with van der Waals surface area (Å²) in [6, 6.07) is 57.0. The summed E-state index contributed by atoms with van der Waals surface area (Å²) in [4.78, 5) is 16.4. The third kappa shape index (κ3) is 6.06. The minimum Gasteiger partial charge on any atom is -0.454 e. The van der Waals surface area contributed by atoms with Crippen LogP contribution < -0.4 is 10.6 Å². The van der Waals surface area contributed by atoms with Crippen LogP contribution in [0.5, 0.6) is 0 Å². The van der Waals surface area contributed by atoms with Crippen molar-refractivity contribution in [1.82, 2.24) is 19.5 Å². The Hall–Kier alpha value is -8.67. The van der Waals surface area contributed by atoms with Gasteiger partial charge in [0.1, 0.15) is 11.3 Å². The van der Waals surface area contributed by atoms with Gasteiger partial charge in [0.2, 0.25) is 0 Å². The van der Waals surface area contributed by atoms with Crippen molar-refractivity contribution < 1.29 is 4.42 Å². The summed E-state index contributed by atoms with van der Waals surface area (Å²) in [5, 5.41) is 8.12. The van der Waals surface area contributed by atoms with Gasteiger partial charge in [-0.2, -0.15) is 0 Å². The Bertz CT molecular complexity index is 4240. The summed E-state index contributed by atoms with van der Waals surface area (Å²) in [5.41, 5.74) is 16.5. The van der Waals surface area contributed by atoms with Crippen molar-refractivity contribution in [1.29, 1.82) is 0 Å². The van der Waals surface area contributed by atoms with Crippen molar-refractivity contribution in [3.63, 3.8) is 0 Å². The molecule has 324 valence electrons. The number of furan rings is 1. The number of aryl methyl sites for hydroxylation is 1. The number of hydrogen-bond donors (Lipinski definition) is 0. The fourth-order valence-electron chi connectivity index (χ4n) is 11.6. The van der Waals surface area contributed by atoms with Crippen molar-refractivity contribution in [2.45, 2.75) is 19.3 Å². The molecule has 2 unspecified atom stereocenters. The second-order valence-electron chi connectivity index (χ2n) is 19.0. The van der Waals surface area contributed by atoms with Crippen LogP contribution in [0, 0.1) is 11.8 Å². The Labute approximate surface area is 398 Å². The lowest BCUT2D eigenvalue weighted by molar-refractivity contribution is 0.664. The molecule has 0 radical (unpaired) electrons. The summed E-state index contributed by atoms with van der Waals surface area (Å²) in [5.74, 6) is 2.28. The third-order valence-corrected chi connectivity index (χ3v) is 15.0. The van der Waals surface area contributed by atoms with Crippen LogP contribution in [0.25, 0.3) is 124 Å². The summed E-state index contributed by atoms with van der Waals surface area (Å²) in [7, 11) is 0. The van der Waals surface area contributed by atoms with Crippen LogP contribution >= 0.6 is 0 Å². The van der Waals surface area contributed by atoms with Crippen LogP contribution in [0.1, 0.15) is 28.7 Å². The third-order valence-electron chi connectivity index (χ3n) is 15.0.